The van der Waals surface area contributed by atoms with E-state index in [1.54, 1.807) is 20.8 Å². The number of benzene rings is 2. The van der Waals surface area contributed by atoms with Gasteiger partial charge >= 0.3 is 17.6 Å². The summed E-state index contributed by atoms with van der Waals surface area (Å²) in [6.07, 6.45) is -0.909. The van der Waals surface area contributed by atoms with Gasteiger partial charge in [0, 0.05) is 16.9 Å². The molecule has 9 heteroatoms. The molecule has 0 aliphatic heterocycles. The Balaban J connectivity index is 2.63. The van der Waals surface area contributed by atoms with Gasteiger partial charge in [0.2, 0.25) is 0 Å². The van der Waals surface area contributed by atoms with Gasteiger partial charge in [-0.2, -0.15) is 0 Å². The zero-order valence-electron chi connectivity index (χ0n) is 22.0. The fraction of sp³-hybridized carbons (Fsp3) is 0.481. The number of hydrogen-bond donors (Lipinski definition) is 1. The van der Waals surface area contributed by atoms with Crippen LogP contribution < -0.4 is 10.1 Å². The monoisotopic (exact) mass is 518 g/mol. The van der Waals surface area contributed by atoms with E-state index in [9.17, 15) is 19.7 Å². The van der Waals surface area contributed by atoms with Gasteiger partial charge < -0.3 is 14.8 Å². The lowest BCUT2D eigenvalue weighted by molar-refractivity contribution is -0.555. The third-order valence-corrected chi connectivity index (χ3v) is 5.99. The molecule has 196 valence electrons. The molecule has 1 N–H and O–H groups in total. The summed E-state index contributed by atoms with van der Waals surface area (Å²) < 4.78 is 11.2. The zero-order chi connectivity index (χ0) is 27.4. The highest BCUT2D eigenvalue weighted by atomic mass is 35.5. The smallest absolute Gasteiger partial charge is 0.408 e. The van der Waals surface area contributed by atoms with Crippen LogP contribution in [0.2, 0.25) is 5.02 Å². The largest absolute Gasteiger partial charge is 0.444 e. The first-order valence-electron chi connectivity index (χ1n) is 11.8. The molecule has 0 saturated carbocycles. The maximum Gasteiger partial charge on any atom is 0.408 e. The Bertz CT molecular complexity index is 1080. The minimum atomic E-state index is -2.40. The van der Waals surface area contributed by atoms with Crippen molar-refractivity contribution in [3.05, 3.63) is 74.3 Å². The van der Waals surface area contributed by atoms with Gasteiger partial charge in [-0.25, -0.2) is 9.59 Å². The Kier molecular flexibility index (Phi) is 9.13. The van der Waals surface area contributed by atoms with Crippen LogP contribution in [0.15, 0.2) is 42.5 Å². The fourth-order valence-corrected chi connectivity index (χ4v) is 3.85. The maximum absolute atomic E-state index is 13.7. The lowest BCUT2D eigenvalue weighted by Gasteiger charge is -2.31. The number of alkyl carbamates (subject to hydrolysis) is 1. The van der Waals surface area contributed by atoms with Crippen molar-refractivity contribution in [1.29, 1.82) is 0 Å². The molecule has 1 amide bonds. The van der Waals surface area contributed by atoms with E-state index in [-0.39, 0.29) is 11.8 Å². The summed E-state index contributed by atoms with van der Waals surface area (Å²) in [6, 6.07) is 10.2. The Morgan fingerprint density at radius 2 is 1.44 bits per heavy atom. The summed E-state index contributed by atoms with van der Waals surface area (Å²) in [5.41, 5.74) is -1.46. The number of carbonyl (C=O) groups is 2. The van der Waals surface area contributed by atoms with Gasteiger partial charge in [-0.1, -0.05) is 69.6 Å². The maximum atomic E-state index is 13.7. The van der Waals surface area contributed by atoms with Crippen LogP contribution in [-0.4, -0.2) is 28.1 Å². The van der Waals surface area contributed by atoms with E-state index in [4.69, 9.17) is 21.1 Å². The standard InChI is InChI=1S/C27H35ClN2O6/c1-16(2)20-10-9-11-21(17(3)4)22(20)35-24(31)27(8,30(33)34)23(18-12-14-19(28)15-13-18)29-25(32)36-26(5,6)7/h9-17,23H,1-8H3,(H,29,32)/t23?,27-/m0/s1. The number of nitrogens with zero attached hydrogens (tertiary/aromatic N) is 1. The molecule has 0 heterocycles. The number of hydrogen-bond acceptors (Lipinski definition) is 6. The van der Waals surface area contributed by atoms with Crippen LogP contribution >= 0.6 is 11.6 Å². The molecule has 2 aromatic carbocycles. The van der Waals surface area contributed by atoms with E-state index >= 15 is 0 Å². The number of amides is 1. The number of nitro groups is 1. The Hall–Kier alpha value is -3.13. The minimum Gasteiger partial charge on any atom is -0.444 e. The molecular weight excluding hydrogens is 484 g/mol. The van der Waals surface area contributed by atoms with Crippen LogP contribution in [0, 0.1) is 10.1 Å². The lowest BCUT2D eigenvalue weighted by Crippen LogP contribution is -2.56. The molecule has 2 rings (SSSR count). The van der Waals surface area contributed by atoms with E-state index in [0.29, 0.717) is 16.3 Å². The molecule has 0 fully saturated rings. The highest BCUT2D eigenvalue weighted by Crippen LogP contribution is 2.38. The van der Waals surface area contributed by atoms with E-state index in [1.807, 2.05) is 45.9 Å². The molecule has 2 atom stereocenters. The average molecular weight is 519 g/mol. The van der Waals surface area contributed by atoms with Gasteiger partial charge in [0.15, 0.2) is 0 Å². The van der Waals surface area contributed by atoms with Gasteiger partial charge in [-0.15, -0.1) is 0 Å². The molecule has 0 aliphatic rings. The minimum absolute atomic E-state index is 0.000290. The zero-order valence-corrected chi connectivity index (χ0v) is 22.8. The fourth-order valence-electron chi connectivity index (χ4n) is 3.72. The van der Waals surface area contributed by atoms with E-state index in [0.717, 1.165) is 18.1 Å². The lowest BCUT2D eigenvalue weighted by atomic mass is 9.87. The normalized spacial score (nSPS) is 14.2. The van der Waals surface area contributed by atoms with E-state index < -0.39 is 34.2 Å². The first-order valence-corrected chi connectivity index (χ1v) is 12.2. The van der Waals surface area contributed by atoms with Crippen LogP contribution in [0.3, 0.4) is 0 Å². The number of rotatable bonds is 8. The summed E-state index contributed by atoms with van der Waals surface area (Å²) in [4.78, 5) is 38.2. The summed E-state index contributed by atoms with van der Waals surface area (Å²) in [5, 5.41) is 15.4. The second kappa shape index (κ2) is 11.3. The first kappa shape index (κ1) is 29.1. The third-order valence-electron chi connectivity index (χ3n) is 5.73. The molecule has 0 aromatic heterocycles. The SMILES string of the molecule is CC(C)c1cccc(C(C)C)c1OC(=O)[C@](C)(C(NC(=O)OC(C)(C)C)c1ccc(Cl)cc1)[N+](=O)[O-]. The second-order valence-electron chi connectivity index (χ2n) is 10.5. The molecule has 36 heavy (non-hydrogen) atoms. The van der Waals surface area contributed by atoms with Crippen molar-refractivity contribution in [2.75, 3.05) is 0 Å². The van der Waals surface area contributed by atoms with Gasteiger partial charge in [-0.05, 0) is 61.4 Å². The molecule has 0 bridgehead atoms. The third kappa shape index (κ3) is 6.75. The van der Waals surface area contributed by atoms with Crippen molar-refractivity contribution in [3.63, 3.8) is 0 Å². The van der Waals surface area contributed by atoms with E-state index in [1.165, 1.54) is 24.3 Å². The first-order chi connectivity index (χ1) is 16.6. The van der Waals surface area contributed by atoms with Crippen LogP contribution in [0.25, 0.3) is 0 Å². The number of halogens is 1. The van der Waals surface area contributed by atoms with Gasteiger partial charge in [0.1, 0.15) is 17.4 Å². The van der Waals surface area contributed by atoms with Crippen LogP contribution in [0.4, 0.5) is 4.79 Å². The number of para-hydroxylation sites is 1. The second-order valence-corrected chi connectivity index (χ2v) is 10.9. The van der Waals surface area contributed by atoms with Crippen LogP contribution in [0.1, 0.15) is 90.0 Å². The summed E-state index contributed by atoms with van der Waals surface area (Å²) in [6.45, 7) is 13.9. The number of carbonyl (C=O) groups excluding carboxylic acids is 2. The van der Waals surface area contributed by atoms with Crippen molar-refractivity contribution in [2.45, 2.75) is 84.4 Å². The molecule has 8 nitrogen and oxygen atoms in total. The van der Waals surface area contributed by atoms with Crippen molar-refractivity contribution in [1.82, 2.24) is 5.32 Å². The predicted molar refractivity (Wildman–Crippen MR) is 139 cm³/mol. The van der Waals surface area contributed by atoms with Crippen molar-refractivity contribution >= 4 is 23.7 Å². The van der Waals surface area contributed by atoms with E-state index in [2.05, 4.69) is 5.32 Å². The molecule has 2 aromatic rings. The molecule has 0 spiro atoms. The number of nitrogens with one attached hydrogen (secondary N) is 1. The van der Waals surface area contributed by atoms with Crippen LogP contribution in [0.5, 0.6) is 5.75 Å². The summed E-state index contributed by atoms with van der Waals surface area (Å²) >= 11 is 6.01. The van der Waals surface area contributed by atoms with Gasteiger partial charge in [0.25, 0.3) is 0 Å². The van der Waals surface area contributed by atoms with Crippen LogP contribution in [-0.2, 0) is 9.53 Å². The summed E-state index contributed by atoms with van der Waals surface area (Å²) in [7, 11) is 0. The highest BCUT2D eigenvalue weighted by molar-refractivity contribution is 6.30. The molecule has 0 aliphatic carbocycles. The molecule has 0 saturated heterocycles. The quantitative estimate of drug-likeness (QED) is 0.178. The van der Waals surface area contributed by atoms with Gasteiger partial charge in [0.05, 0.1) is 0 Å². The molecule has 0 radical (unpaired) electrons. The summed E-state index contributed by atoms with van der Waals surface area (Å²) in [5.74, 6) is -0.813. The highest BCUT2D eigenvalue weighted by Gasteiger charge is 2.57. The average Bonchev–Trinajstić information content (AvgIpc) is 2.76. The molecular formula is C27H35ClN2O6. The Labute approximate surface area is 217 Å². The van der Waals surface area contributed by atoms with Crippen molar-refractivity contribution in [3.8, 4) is 5.75 Å². The number of ether oxygens (including phenoxy) is 2. The molecule has 1 unspecified atom stereocenters. The predicted octanol–water partition coefficient (Wildman–Crippen LogP) is 6.79. The topological polar surface area (TPSA) is 108 Å². The van der Waals surface area contributed by atoms with Crippen molar-refractivity contribution < 1.29 is 24.0 Å². The Morgan fingerprint density at radius 3 is 1.86 bits per heavy atom. The van der Waals surface area contributed by atoms with Gasteiger partial charge in [-0.3, -0.25) is 10.1 Å². The number of esters is 1. The Morgan fingerprint density at radius 1 is 0.944 bits per heavy atom. The van der Waals surface area contributed by atoms with Crippen molar-refractivity contribution in [2.24, 2.45) is 0 Å².